The molecule has 1 N–H and O–H groups in total. The second-order valence-corrected chi connectivity index (χ2v) is 6.01. The van der Waals surface area contributed by atoms with E-state index in [1.165, 1.54) is 0 Å². The highest BCUT2D eigenvalue weighted by molar-refractivity contribution is 7.98. The number of nitrogens with one attached hydrogen (secondary N) is 1. The van der Waals surface area contributed by atoms with Crippen LogP contribution in [0, 0.1) is 6.92 Å². The van der Waals surface area contributed by atoms with Crippen LogP contribution in [0.15, 0.2) is 35.2 Å². The van der Waals surface area contributed by atoms with E-state index in [2.05, 4.69) is 20.4 Å². The third kappa shape index (κ3) is 3.45. The van der Waals surface area contributed by atoms with E-state index < -0.39 is 12.0 Å². The van der Waals surface area contributed by atoms with Crippen molar-refractivity contribution < 1.29 is 13.2 Å². The summed E-state index contributed by atoms with van der Waals surface area (Å²) >= 11 is 1.64. The minimum Gasteiger partial charge on any atom is -0.366 e. The van der Waals surface area contributed by atoms with Crippen molar-refractivity contribution in [1.29, 1.82) is 0 Å². The van der Waals surface area contributed by atoms with Crippen LogP contribution in [0.2, 0.25) is 0 Å². The van der Waals surface area contributed by atoms with Gasteiger partial charge in [0.15, 0.2) is 0 Å². The summed E-state index contributed by atoms with van der Waals surface area (Å²) in [5.41, 5.74) is 1.57. The van der Waals surface area contributed by atoms with Crippen molar-refractivity contribution in [2.45, 2.75) is 24.5 Å². The molecule has 0 aliphatic heterocycles. The fourth-order valence-electron chi connectivity index (χ4n) is 2.17. The monoisotopic (exact) mass is 353 g/mol. The molecule has 3 rings (SSSR count). The number of fused-ring (bicyclic) bond motifs is 1. The second kappa shape index (κ2) is 6.31. The van der Waals surface area contributed by atoms with Crippen molar-refractivity contribution in [1.82, 2.24) is 19.6 Å². The molecule has 0 atom stereocenters. The maximum Gasteiger partial charge on any atom is 0.453 e. The van der Waals surface area contributed by atoms with Gasteiger partial charge in [-0.1, -0.05) is 12.1 Å². The van der Waals surface area contributed by atoms with Gasteiger partial charge in [0.2, 0.25) is 0 Å². The number of anilines is 1. The van der Waals surface area contributed by atoms with Crippen molar-refractivity contribution in [3.8, 4) is 0 Å². The minimum absolute atomic E-state index is 0.0810. The molecule has 1 aromatic carbocycles. The normalized spacial score (nSPS) is 11.9. The summed E-state index contributed by atoms with van der Waals surface area (Å²) in [6.45, 7) is 2.15. The van der Waals surface area contributed by atoms with E-state index in [9.17, 15) is 13.2 Å². The molecule has 0 spiro atoms. The number of hydrogen-bond donors (Lipinski definition) is 1. The third-order valence-corrected chi connectivity index (χ3v) is 4.07. The second-order valence-electron chi connectivity index (χ2n) is 5.13. The van der Waals surface area contributed by atoms with Gasteiger partial charge in [0.25, 0.3) is 11.6 Å². The average molecular weight is 353 g/mol. The van der Waals surface area contributed by atoms with E-state index in [1.54, 1.807) is 24.8 Å². The van der Waals surface area contributed by atoms with Crippen molar-refractivity contribution in [3.63, 3.8) is 0 Å². The maximum atomic E-state index is 12.8. The van der Waals surface area contributed by atoms with E-state index in [0.717, 1.165) is 15.0 Å². The molecule has 126 valence electrons. The van der Waals surface area contributed by atoms with E-state index in [0.29, 0.717) is 18.1 Å². The Balaban J connectivity index is 1.88. The molecular weight excluding hydrogens is 339 g/mol. The predicted octanol–water partition coefficient (Wildman–Crippen LogP) is 3.79. The molecule has 0 fully saturated rings. The standard InChI is InChI=1S/C15H14F3N5S/c1-9-7-12(19-8-10-3-5-11(24-2)6-4-10)23-14(20-9)21-13(22-23)15(16,17)18/h3-7,19H,8H2,1-2H3. The molecule has 0 aliphatic carbocycles. The predicted molar refractivity (Wildman–Crippen MR) is 86.1 cm³/mol. The molecule has 0 radical (unpaired) electrons. The number of alkyl halides is 3. The Morgan fingerprint density at radius 1 is 1.17 bits per heavy atom. The van der Waals surface area contributed by atoms with Crippen LogP contribution in [0.3, 0.4) is 0 Å². The number of nitrogens with zero attached hydrogens (tertiary/aromatic N) is 4. The third-order valence-electron chi connectivity index (χ3n) is 3.33. The largest absolute Gasteiger partial charge is 0.453 e. The van der Waals surface area contributed by atoms with E-state index in [1.807, 2.05) is 30.5 Å². The summed E-state index contributed by atoms with van der Waals surface area (Å²) in [7, 11) is 0. The lowest BCUT2D eigenvalue weighted by molar-refractivity contribution is -0.144. The Morgan fingerprint density at radius 3 is 2.50 bits per heavy atom. The lowest BCUT2D eigenvalue weighted by Crippen LogP contribution is -2.09. The fraction of sp³-hybridized carbons (Fsp3) is 0.267. The van der Waals surface area contributed by atoms with Crippen LogP contribution in [0.4, 0.5) is 19.0 Å². The van der Waals surface area contributed by atoms with Crippen LogP contribution >= 0.6 is 11.8 Å². The molecule has 0 bridgehead atoms. The van der Waals surface area contributed by atoms with Crippen molar-refractivity contribution in [2.24, 2.45) is 0 Å². The first kappa shape index (κ1) is 16.6. The van der Waals surface area contributed by atoms with Gasteiger partial charge in [-0.15, -0.1) is 16.9 Å². The lowest BCUT2D eigenvalue weighted by Gasteiger charge is -2.09. The van der Waals surface area contributed by atoms with E-state index in [4.69, 9.17) is 0 Å². The average Bonchev–Trinajstić information content (AvgIpc) is 2.97. The van der Waals surface area contributed by atoms with E-state index in [-0.39, 0.29) is 5.78 Å². The minimum atomic E-state index is -4.60. The van der Waals surface area contributed by atoms with Crippen LogP contribution in [0.1, 0.15) is 17.1 Å². The highest BCUT2D eigenvalue weighted by Gasteiger charge is 2.36. The molecule has 3 aromatic rings. The number of halogens is 3. The number of aryl methyl sites for hydroxylation is 1. The first-order chi connectivity index (χ1) is 11.4. The van der Waals surface area contributed by atoms with Gasteiger partial charge in [0, 0.05) is 23.2 Å². The molecule has 24 heavy (non-hydrogen) atoms. The van der Waals surface area contributed by atoms with Gasteiger partial charge in [-0.3, -0.25) is 0 Å². The van der Waals surface area contributed by atoms with Crippen LogP contribution < -0.4 is 5.32 Å². The SMILES string of the molecule is CSc1ccc(CNc2cc(C)nc3nc(C(F)(F)F)nn23)cc1. The van der Waals surface area contributed by atoms with E-state index >= 15 is 0 Å². The highest BCUT2D eigenvalue weighted by atomic mass is 32.2. The number of rotatable bonds is 4. The molecule has 0 unspecified atom stereocenters. The molecule has 2 heterocycles. The summed E-state index contributed by atoms with van der Waals surface area (Å²) in [4.78, 5) is 8.60. The first-order valence-electron chi connectivity index (χ1n) is 7.05. The first-order valence-corrected chi connectivity index (χ1v) is 8.28. The van der Waals surface area contributed by atoms with Crippen LogP contribution in [0.5, 0.6) is 0 Å². The van der Waals surface area contributed by atoms with Gasteiger partial charge in [-0.2, -0.15) is 22.7 Å². The molecule has 0 saturated heterocycles. The summed E-state index contributed by atoms with van der Waals surface area (Å²) < 4.78 is 39.5. The topological polar surface area (TPSA) is 55.1 Å². The number of thioether (sulfide) groups is 1. The highest BCUT2D eigenvalue weighted by Crippen LogP contribution is 2.27. The van der Waals surface area contributed by atoms with Crippen molar-refractivity contribution in [2.75, 3.05) is 11.6 Å². The van der Waals surface area contributed by atoms with Crippen LogP contribution in [-0.2, 0) is 12.7 Å². The van der Waals surface area contributed by atoms with Crippen molar-refractivity contribution >= 4 is 23.4 Å². The molecule has 0 amide bonds. The quantitative estimate of drug-likeness (QED) is 0.724. The van der Waals surface area contributed by atoms with Gasteiger partial charge in [0.1, 0.15) is 5.82 Å². The molecule has 9 heteroatoms. The maximum absolute atomic E-state index is 12.8. The lowest BCUT2D eigenvalue weighted by atomic mass is 10.2. The van der Waals surface area contributed by atoms with Crippen LogP contribution in [0.25, 0.3) is 5.78 Å². The zero-order chi connectivity index (χ0) is 17.3. The molecule has 5 nitrogen and oxygen atoms in total. The number of aromatic nitrogens is 4. The number of hydrogen-bond acceptors (Lipinski definition) is 5. The Labute approximate surface area is 140 Å². The molecule has 0 saturated carbocycles. The van der Waals surface area contributed by atoms with Gasteiger partial charge >= 0.3 is 6.18 Å². The summed E-state index contributed by atoms with van der Waals surface area (Å²) in [6.07, 6.45) is -2.61. The van der Waals surface area contributed by atoms with Gasteiger partial charge in [-0.25, -0.2) is 4.98 Å². The zero-order valence-electron chi connectivity index (χ0n) is 12.9. The smallest absolute Gasteiger partial charge is 0.366 e. The number of benzene rings is 1. The molecular formula is C15H14F3N5S. The Hall–Kier alpha value is -2.29. The summed E-state index contributed by atoms with van der Waals surface area (Å²) in [5.74, 6) is -0.870. The van der Waals surface area contributed by atoms with Gasteiger partial charge in [0.05, 0.1) is 0 Å². The molecule has 2 aromatic heterocycles. The zero-order valence-corrected chi connectivity index (χ0v) is 13.7. The summed E-state index contributed by atoms with van der Waals surface area (Å²) in [5, 5.41) is 6.61. The summed E-state index contributed by atoms with van der Waals surface area (Å²) in [6, 6.07) is 9.55. The Bertz CT molecular complexity index is 858. The van der Waals surface area contributed by atoms with Gasteiger partial charge < -0.3 is 5.32 Å². The van der Waals surface area contributed by atoms with Crippen molar-refractivity contribution in [3.05, 3.63) is 47.4 Å². The molecule has 0 aliphatic rings. The van der Waals surface area contributed by atoms with Crippen LogP contribution in [-0.4, -0.2) is 25.8 Å². The Kier molecular flexibility index (Phi) is 4.35. The fourth-order valence-corrected chi connectivity index (χ4v) is 2.58. The Morgan fingerprint density at radius 2 is 1.88 bits per heavy atom. The van der Waals surface area contributed by atoms with Gasteiger partial charge in [-0.05, 0) is 30.9 Å².